The predicted molar refractivity (Wildman–Crippen MR) is 196 cm³/mol. The molecule has 45 heavy (non-hydrogen) atoms. The molecule has 1 fully saturated rings. The van der Waals surface area contributed by atoms with Crippen LogP contribution in [-0.4, -0.2) is 8.07 Å². The quantitative estimate of drug-likeness (QED) is 0.182. The molecule has 4 aromatic rings. The molecule has 0 aromatic heterocycles. The Balaban J connectivity index is 1.37. The van der Waals surface area contributed by atoms with E-state index >= 15 is 0 Å². The maximum absolute atomic E-state index is 3.04. The summed E-state index contributed by atoms with van der Waals surface area (Å²) in [7, 11) is -1.89. The first-order chi connectivity index (χ1) is 21.2. The van der Waals surface area contributed by atoms with Gasteiger partial charge < -0.3 is 0 Å². The topological polar surface area (TPSA) is 0 Å². The molecule has 230 valence electrons. The van der Waals surface area contributed by atoms with Crippen molar-refractivity contribution < 1.29 is 20.0 Å². The van der Waals surface area contributed by atoms with Crippen LogP contribution in [0, 0.1) is 0 Å². The molecule has 2 heteroatoms. The van der Waals surface area contributed by atoms with Crippen molar-refractivity contribution in [1.82, 2.24) is 0 Å². The molecule has 4 aromatic carbocycles. The van der Waals surface area contributed by atoms with Crippen LogP contribution in [0.25, 0.3) is 34.4 Å². The summed E-state index contributed by atoms with van der Waals surface area (Å²) in [5.41, 5.74) is 15.0. The normalized spacial score (nSPS) is 23.1. The third-order valence-electron chi connectivity index (χ3n) is 11.7. The summed E-state index contributed by atoms with van der Waals surface area (Å²) in [6.07, 6.45) is 5.44. The fourth-order valence-corrected chi connectivity index (χ4v) is 40.7. The van der Waals surface area contributed by atoms with Crippen LogP contribution in [0.15, 0.2) is 95.3 Å². The zero-order chi connectivity index (χ0) is 32.1. The zero-order valence-corrected chi connectivity index (χ0v) is 33.7. The van der Waals surface area contributed by atoms with E-state index in [1.165, 1.54) is 50.6 Å². The van der Waals surface area contributed by atoms with Crippen LogP contribution in [0.4, 0.5) is 0 Å². The van der Waals surface area contributed by atoms with Gasteiger partial charge >= 0.3 is 280 Å². The second kappa shape index (κ2) is 10.5. The van der Waals surface area contributed by atoms with Crippen molar-refractivity contribution in [2.45, 2.75) is 88.6 Å². The van der Waals surface area contributed by atoms with Crippen molar-refractivity contribution in [1.29, 1.82) is 0 Å². The summed E-state index contributed by atoms with van der Waals surface area (Å²) in [6, 6.07) is 34.6. The SMILES string of the molecule is CC[Si]1(C)C2=Cc3c(-c4ccc(C(C)(C)C)cc4)cccc3[CH]2[Hf]([CH3])([CH3])[CH]2C1=Cc1c(-c3ccc(C(C)(C)C)cc3)cccc12. The van der Waals surface area contributed by atoms with Crippen LogP contribution in [0.1, 0.15) is 89.2 Å². The molecule has 0 bridgehead atoms. The first-order valence-electron chi connectivity index (χ1n) is 17.1. The third kappa shape index (κ3) is 4.76. The Morgan fingerprint density at radius 2 is 0.956 bits per heavy atom. The molecule has 0 saturated carbocycles. The molecule has 1 saturated heterocycles. The molecule has 2 atom stereocenters. The summed E-state index contributed by atoms with van der Waals surface area (Å²) < 4.78 is 6.91. The Morgan fingerprint density at radius 3 is 1.29 bits per heavy atom. The van der Waals surface area contributed by atoms with E-state index in [0.29, 0.717) is 7.35 Å². The standard InChI is InChI=1S/C41H44Si.2CH3.Hf/c1-9-42(8,34-24-30-12-10-14-36(38(30)26-34)28-16-20-32(21-17-28)40(2,3)4)35-25-31-13-11-15-37(39(31)27-35)29-18-22-33(23-19-29)41(5,6)7;;;/h10-27H,9H2,1-8H3;2*1H3;. The Hall–Kier alpha value is -2.55. The molecule has 2 aliphatic carbocycles. The van der Waals surface area contributed by atoms with E-state index in [4.69, 9.17) is 0 Å². The number of rotatable bonds is 3. The van der Waals surface area contributed by atoms with Gasteiger partial charge in [0.2, 0.25) is 0 Å². The van der Waals surface area contributed by atoms with E-state index in [1.807, 2.05) is 10.4 Å². The van der Waals surface area contributed by atoms with Gasteiger partial charge in [-0.25, -0.2) is 0 Å². The molecule has 1 heterocycles. The number of benzene rings is 4. The minimum absolute atomic E-state index is 0.166. The molecule has 0 spiro atoms. The predicted octanol–water partition coefficient (Wildman–Crippen LogP) is 12.6. The summed E-state index contributed by atoms with van der Waals surface area (Å²) in [5.74, 6) is 0. The maximum atomic E-state index is 2.79. The van der Waals surface area contributed by atoms with E-state index in [-0.39, 0.29) is 10.8 Å². The van der Waals surface area contributed by atoms with E-state index in [2.05, 4.69) is 161 Å². The fraction of sp³-hybridized carbons (Fsp3) is 0.349. The minimum atomic E-state index is -3.04. The van der Waals surface area contributed by atoms with E-state index < -0.39 is 28.0 Å². The van der Waals surface area contributed by atoms with Crippen molar-refractivity contribution in [3.63, 3.8) is 0 Å². The van der Waals surface area contributed by atoms with Crippen LogP contribution in [-0.2, 0) is 30.8 Å². The van der Waals surface area contributed by atoms with Gasteiger partial charge in [-0.1, -0.05) is 0 Å². The molecule has 7 rings (SSSR count). The Labute approximate surface area is 278 Å². The second-order valence-electron chi connectivity index (χ2n) is 16.8. The van der Waals surface area contributed by atoms with E-state index in [0.717, 1.165) is 0 Å². The summed E-state index contributed by atoms with van der Waals surface area (Å²) in [6.45, 7) is 19.0. The summed E-state index contributed by atoms with van der Waals surface area (Å²) >= 11 is -3.04. The van der Waals surface area contributed by atoms with Gasteiger partial charge in [0.15, 0.2) is 0 Å². The average Bonchev–Trinajstić information content (AvgIpc) is 3.61. The first kappa shape index (κ1) is 31.1. The average molecular weight is 773 g/mol. The van der Waals surface area contributed by atoms with Gasteiger partial charge in [0.05, 0.1) is 0 Å². The van der Waals surface area contributed by atoms with Gasteiger partial charge in [0, 0.05) is 0 Å². The van der Waals surface area contributed by atoms with Gasteiger partial charge in [-0.15, -0.1) is 0 Å². The summed E-state index contributed by atoms with van der Waals surface area (Å²) in [5, 5.41) is 3.69. The van der Waals surface area contributed by atoms with Crippen LogP contribution in [0.2, 0.25) is 22.0 Å². The van der Waals surface area contributed by atoms with Gasteiger partial charge in [-0.05, 0) is 0 Å². The Bertz CT molecular complexity index is 1740. The number of hydrogen-bond donors (Lipinski definition) is 0. The molecule has 0 amide bonds. The van der Waals surface area contributed by atoms with Gasteiger partial charge in [0.25, 0.3) is 0 Å². The second-order valence-corrected chi connectivity index (χ2v) is 38.6. The monoisotopic (exact) mass is 774 g/mol. The molecule has 0 N–H and O–H groups in total. The summed E-state index contributed by atoms with van der Waals surface area (Å²) in [4.78, 5) is 0. The number of hydrogen-bond acceptors (Lipinski definition) is 0. The third-order valence-corrected chi connectivity index (χ3v) is 33.8. The van der Waals surface area contributed by atoms with Gasteiger partial charge in [-0.3, -0.25) is 0 Å². The molecular formula is C43H50HfSi. The zero-order valence-electron chi connectivity index (χ0n) is 29.1. The van der Waals surface area contributed by atoms with E-state index in [1.54, 1.807) is 11.1 Å². The van der Waals surface area contributed by atoms with Gasteiger partial charge in [-0.2, -0.15) is 0 Å². The molecule has 1 aliphatic heterocycles. The number of fused-ring (bicyclic) bond motifs is 6. The Kier molecular flexibility index (Phi) is 7.23. The van der Waals surface area contributed by atoms with Crippen molar-refractivity contribution in [3.05, 3.63) is 129 Å². The van der Waals surface area contributed by atoms with Crippen LogP contribution < -0.4 is 0 Å². The van der Waals surface area contributed by atoms with Crippen LogP contribution >= 0.6 is 0 Å². The molecule has 2 unspecified atom stereocenters. The van der Waals surface area contributed by atoms with E-state index in [9.17, 15) is 0 Å². The molecule has 3 aliphatic rings. The van der Waals surface area contributed by atoms with Gasteiger partial charge in [0.1, 0.15) is 0 Å². The van der Waals surface area contributed by atoms with Crippen molar-refractivity contribution in [2.24, 2.45) is 0 Å². The number of allylic oxidation sites excluding steroid dienone is 2. The molecule has 0 nitrogen and oxygen atoms in total. The van der Waals surface area contributed by atoms with Crippen molar-refractivity contribution in [3.8, 4) is 22.3 Å². The van der Waals surface area contributed by atoms with Crippen LogP contribution in [0.5, 0.6) is 0 Å². The molecule has 0 radical (unpaired) electrons. The fourth-order valence-electron chi connectivity index (χ4n) is 8.91. The van der Waals surface area contributed by atoms with Crippen LogP contribution in [0.3, 0.4) is 0 Å². The Morgan fingerprint density at radius 1 is 0.578 bits per heavy atom. The van der Waals surface area contributed by atoms with Crippen molar-refractivity contribution >= 4 is 20.2 Å². The first-order valence-corrected chi connectivity index (χ1v) is 31.1. The van der Waals surface area contributed by atoms with Crippen molar-refractivity contribution in [2.75, 3.05) is 0 Å². The molecular weight excluding hydrogens is 723 g/mol.